The van der Waals surface area contributed by atoms with Crippen LogP contribution in [0.25, 0.3) is 0 Å². The highest BCUT2D eigenvalue weighted by molar-refractivity contribution is 7.91. The van der Waals surface area contributed by atoms with Crippen LogP contribution in [-0.2, 0) is 16.4 Å². The van der Waals surface area contributed by atoms with E-state index in [0.717, 1.165) is 4.88 Å². The summed E-state index contributed by atoms with van der Waals surface area (Å²) in [5.74, 6) is 0.382. The highest BCUT2D eigenvalue weighted by Crippen LogP contribution is 2.17. The number of nitrogen functional groups attached to an aromatic ring is 1. The lowest BCUT2D eigenvalue weighted by Crippen LogP contribution is -2.34. The van der Waals surface area contributed by atoms with Gasteiger partial charge in [0.2, 0.25) is 0 Å². The second-order valence-electron chi connectivity index (χ2n) is 4.13. The number of thiazole rings is 1. The van der Waals surface area contributed by atoms with Crippen molar-refractivity contribution in [3.8, 4) is 0 Å². The molecule has 0 spiro atoms. The van der Waals surface area contributed by atoms with Crippen molar-refractivity contribution in [2.45, 2.75) is 26.4 Å². The molecule has 0 amide bonds. The third kappa shape index (κ3) is 4.61. The van der Waals surface area contributed by atoms with E-state index in [1.807, 2.05) is 18.9 Å². The van der Waals surface area contributed by atoms with Crippen LogP contribution < -0.4 is 5.73 Å². The number of hydrogen-bond acceptors (Lipinski definition) is 6. The summed E-state index contributed by atoms with van der Waals surface area (Å²) in [4.78, 5) is 7.02. The standard InChI is InChI=1S/C10H19N3O2S2/c1-4-17(14,15)7-8(2)13(3)6-9-5-12-10(11)16-9/h5,8H,4,6-7H2,1-3H3,(H2,11,12). The van der Waals surface area contributed by atoms with Gasteiger partial charge in [-0.2, -0.15) is 0 Å². The van der Waals surface area contributed by atoms with Crippen LogP contribution in [0.2, 0.25) is 0 Å². The molecule has 0 aliphatic heterocycles. The smallest absolute Gasteiger partial charge is 0.180 e. The van der Waals surface area contributed by atoms with E-state index in [-0.39, 0.29) is 17.5 Å². The fraction of sp³-hybridized carbons (Fsp3) is 0.700. The van der Waals surface area contributed by atoms with Crippen molar-refractivity contribution in [2.24, 2.45) is 0 Å². The minimum absolute atomic E-state index is 0.0109. The lowest BCUT2D eigenvalue weighted by atomic mass is 10.3. The maximum atomic E-state index is 11.5. The van der Waals surface area contributed by atoms with Crippen molar-refractivity contribution in [1.82, 2.24) is 9.88 Å². The molecule has 0 saturated carbocycles. The second kappa shape index (κ2) is 5.79. The Hall–Kier alpha value is -0.660. The van der Waals surface area contributed by atoms with E-state index < -0.39 is 9.84 Å². The van der Waals surface area contributed by atoms with Crippen LogP contribution in [-0.4, -0.2) is 42.9 Å². The molecule has 1 rings (SSSR count). The number of hydrogen-bond donors (Lipinski definition) is 1. The Balaban J connectivity index is 2.56. The quantitative estimate of drug-likeness (QED) is 0.839. The monoisotopic (exact) mass is 277 g/mol. The summed E-state index contributed by atoms with van der Waals surface area (Å²) in [5.41, 5.74) is 5.55. The van der Waals surface area contributed by atoms with Gasteiger partial charge in [-0.05, 0) is 14.0 Å². The van der Waals surface area contributed by atoms with Gasteiger partial charge in [0, 0.05) is 29.4 Å². The summed E-state index contributed by atoms with van der Waals surface area (Å²) < 4.78 is 23.0. The molecule has 0 bridgehead atoms. The van der Waals surface area contributed by atoms with Gasteiger partial charge in [-0.25, -0.2) is 13.4 Å². The zero-order valence-electron chi connectivity index (χ0n) is 10.4. The molecule has 1 heterocycles. The largest absolute Gasteiger partial charge is 0.375 e. The highest BCUT2D eigenvalue weighted by Gasteiger charge is 2.18. The predicted molar refractivity (Wildman–Crippen MR) is 71.8 cm³/mol. The van der Waals surface area contributed by atoms with Crippen molar-refractivity contribution in [1.29, 1.82) is 0 Å². The van der Waals surface area contributed by atoms with E-state index in [9.17, 15) is 8.42 Å². The Morgan fingerprint density at radius 1 is 1.59 bits per heavy atom. The minimum Gasteiger partial charge on any atom is -0.375 e. The van der Waals surface area contributed by atoms with E-state index in [1.54, 1.807) is 13.1 Å². The first-order chi connectivity index (χ1) is 7.84. The number of nitrogens with zero attached hydrogens (tertiary/aromatic N) is 2. The van der Waals surface area contributed by atoms with Crippen LogP contribution in [0.5, 0.6) is 0 Å². The van der Waals surface area contributed by atoms with Gasteiger partial charge in [-0.3, -0.25) is 4.90 Å². The molecule has 5 nitrogen and oxygen atoms in total. The van der Waals surface area contributed by atoms with Crippen molar-refractivity contribution >= 4 is 26.3 Å². The fourth-order valence-electron chi connectivity index (χ4n) is 1.41. The Morgan fingerprint density at radius 2 is 2.24 bits per heavy atom. The molecule has 1 aromatic rings. The molecule has 0 aromatic carbocycles. The third-order valence-corrected chi connectivity index (χ3v) is 5.35. The van der Waals surface area contributed by atoms with Gasteiger partial charge >= 0.3 is 0 Å². The van der Waals surface area contributed by atoms with Crippen molar-refractivity contribution in [3.63, 3.8) is 0 Å². The van der Waals surface area contributed by atoms with Crippen LogP contribution in [0.1, 0.15) is 18.7 Å². The van der Waals surface area contributed by atoms with Gasteiger partial charge < -0.3 is 5.73 Å². The molecule has 1 aromatic heterocycles. The fourth-order valence-corrected chi connectivity index (χ4v) is 3.38. The Kier molecular flexibility index (Phi) is 4.91. The zero-order valence-corrected chi connectivity index (χ0v) is 12.0. The number of nitrogens with two attached hydrogens (primary N) is 1. The first-order valence-corrected chi connectivity index (χ1v) is 8.08. The van der Waals surface area contributed by atoms with Gasteiger partial charge in [0.1, 0.15) is 0 Å². The third-order valence-electron chi connectivity index (χ3n) is 2.66. The summed E-state index contributed by atoms with van der Waals surface area (Å²) in [6.07, 6.45) is 1.73. The molecular weight excluding hydrogens is 258 g/mol. The summed E-state index contributed by atoms with van der Waals surface area (Å²) in [5, 5.41) is 0.544. The summed E-state index contributed by atoms with van der Waals surface area (Å²) in [7, 11) is -1.02. The molecule has 1 unspecified atom stereocenters. The molecule has 1 atom stereocenters. The average Bonchev–Trinajstić information content (AvgIpc) is 2.63. The molecule has 0 saturated heterocycles. The zero-order chi connectivity index (χ0) is 13.1. The number of rotatable bonds is 6. The topological polar surface area (TPSA) is 76.3 Å². The molecule has 0 fully saturated rings. The summed E-state index contributed by atoms with van der Waals surface area (Å²) >= 11 is 1.43. The van der Waals surface area contributed by atoms with Crippen molar-refractivity contribution in [2.75, 3.05) is 24.3 Å². The molecule has 0 radical (unpaired) electrons. The van der Waals surface area contributed by atoms with Crippen LogP contribution >= 0.6 is 11.3 Å². The van der Waals surface area contributed by atoms with E-state index in [0.29, 0.717) is 11.7 Å². The van der Waals surface area contributed by atoms with Gasteiger partial charge in [0.15, 0.2) is 15.0 Å². The number of anilines is 1. The van der Waals surface area contributed by atoms with E-state index in [1.165, 1.54) is 11.3 Å². The molecule has 0 aliphatic carbocycles. The molecule has 17 heavy (non-hydrogen) atoms. The van der Waals surface area contributed by atoms with Crippen molar-refractivity contribution in [3.05, 3.63) is 11.1 Å². The molecule has 2 N–H and O–H groups in total. The van der Waals surface area contributed by atoms with Crippen LogP contribution in [0, 0.1) is 0 Å². The normalized spacial score (nSPS) is 14.1. The summed E-state index contributed by atoms with van der Waals surface area (Å²) in [6.45, 7) is 4.26. The lowest BCUT2D eigenvalue weighted by Gasteiger charge is -2.23. The second-order valence-corrected chi connectivity index (χ2v) is 7.67. The van der Waals surface area contributed by atoms with E-state index >= 15 is 0 Å². The first-order valence-electron chi connectivity index (χ1n) is 5.45. The van der Waals surface area contributed by atoms with E-state index in [4.69, 9.17) is 5.73 Å². The average molecular weight is 277 g/mol. The molecule has 0 aliphatic rings. The Labute approximate surface area is 107 Å². The molecular formula is C10H19N3O2S2. The minimum atomic E-state index is -2.93. The Morgan fingerprint density at radius 3 is 2.71 bits per heavy atom. The van der Waals surface area contributed by atoms with Gasteiger partial charge in [-0.15, -0.1) is 11.3 Å². The van der Waals surface area contributed by atoms with Gasteiger partial charge in [0.25, 0.3) is 0 Å². The van der Waals surface area contributed by atoms with Gasteiger partial charge in [-0.1, -0.05) is 6.92 Å². The maximum absolute atomic E-state index is 11.5. The number of sulfone groups is 1. The lowest BCUT2D eigenvalue weighted by molar-refractivity contribution is 0.269. The van der Waals surface area contributed by atoms with Crippen molar-refractivity contribution < 1.29 is 8.42 Å². The molecule has 98 valence electrons. The molecule has 7 heteroatoms. The maximum Gasteiger partial charge on any atom is 0.180 e. The predicted octanol–water partition coefficient (Wildman–Crippen LogP) is 0.980. The SMILES string of the molecule is CCS(=O)(=O)CC(C)N(C)Cc1cnc(N)s1. The van der Waals surface area contributed by atoms with Crippen LogP contribution in [0.3, 0.4) is 0 Å². The van der Waals surface area contributed by atoms with Crippen LogP contribution in [0.15, 0.2) is 6.20 Å². The highest BCUT2D eigenvalue weighted by atomic mass is 32.2. The number of aromatic nitrogens is 1. The van der Waals surface area contributed by atoms with Crippen LogP contribution in [0.4, 0.5) is 5.13 Å². The first kappa shape index (κ1) is 14.4. The van der Waals surface area contributed by atoms with Gasteiger partial charge in [0.05, 0.1) is 5.75 Å². The van der Waals surface area contributed by atoms with E-state index in [2.05, 4.69) is 4.98 Å². The summed E-state index contributed by atoms with van der Waals surface area (Å²) in [6, 6.07) is -0.0109. The Bertz CT molecular complexity index is 456.